The summed E-state index contributed by atoms with van der Waals surface area (Å²) in [5.41, 5.74) is 1.92. The number of halogens is 1. The van der Waals surface area contributed by atoms with E-state index in [4.69, 9.17) is 11.6 Å². The van der Waals surface area contributed by atoms with Gasteiger partial charge in [-0.05, 0) is 18.2 Å². The lowest BCUT2D eigenvalue weighted by atomic mass is 10.3. The SMILES string of the molecule is Cn1ccc(CNc2nc3cccc(Cl)c3s2)n1. The van der Waals surface area contributed by atoms with E-state index in [1.807, 2.05) is 37.5 Å². The molecule has 6 heteroatoms. The van der Waals surface area contributed by atoms with E-state index in [0.29, 0.717) is 6.54 Å². The van der Waals surface area contributed by atoms with Crippen LogP contribution in [0, 0.1) is 0 Å². The summed E-state index contributed by atoms with van der Waals surface area (Å²) in [5, 5.41) is 9.18. The first kappa shape index (κ1) is 11.5. The first-order chi connectivity index (χ1) is 8.72. The van der Waals surface area contributed by atoms with Crippen molar-refractivity contribution in [2.24, 2.45) is 7.05 Å². The van der Waals surface area contributed by atoms with Gasteiger partial charge >= 0.3 is 0 Å². The number of hydrogen-bond acceptors (Lipinski definition) is 4. The summed E-state index contributed by atoms with van der Waals surface area (Å²) in [4.78, 5) is 4.48. The van der Waals surface area contributed by atoms with Gasteiger partial charge in [0.2, 0.25) is 0 Å². The summed E-state index contributed by atoms with van der Waals surface area (Å²) in [6.07, 6.45) is 1.92. The summed E-state index contributed by atoms with van der Waals surface area (Å²) in [5.74, 6) is 0. The number of aryl methyl sites for hydroxylation is 1. The number of thiazole rings is 1. The molecule has 0 spiro atoms. The van der Waals surface area contributed by atoms with Gasteiger partial charge in [0.15, 0.2) is 5.13 Å². The van der Waals surface area contributed by atoms with E-state index in [9.17, 15) is 0 Å². The highest BCUT2D eigenvalue weighted by molar-refractivity contribution is 7.22. The molecule has 0 atom stereocenters. The van der Waals surface area contributed by atoms with Gasteiger partial charge < -0.3 is 5.32 Å². The second kappa shape index (κ2) is 4.59. The molecule has 0 aliphatic carbocycles. The number of fused-ring (bicyclic) bond motifs is 1. The topological polar surface area (TPSA) is 42.7 Å². The molecule has 0 aliphatic rings. The standard InChI is InChI=1S/C12H11ClN4S/c1-17-6-5-8(16-17)7-14-12-15-10-4-2-3-9(13)11(10)18-12/h2-6H,7H2,1H3,(H,14,15). The molecule has 3 aromatic rings. The van der Waals surface area contributed by atoms with Crippen molar-refractivity contribution in [3.8, 4) is 0 Å². The van der Waals surface area contributed by atoms with Crippen LogP contribution >= 0.6 is 22.9 Å². The van der Waals surface area contributed by atoms with Gasteiger partial charge in [0, 0.05) is 13.2 Å². The first-order valence-corrected chi connectivity index (χ1v) is 6.69. The van der Waals surface area contributed by atoms with Gasteiger partial charge in [0.05, 0.1) is 27.5 Å². The van der Waals surface area contributed by atoms with Crippen LogP contribution in [0.2, 0.25) is 5.02 Å². The zero-order valence-electron chi connectivity index (χ0n) is 9.72. The number of hydrogen-bond donors (Lipinski definition) is 1. The number of rotatable bonds is 3. The lowest BCUT2D eigenvalue weighted by molar-refractivity contribution is 0.747. The van der Waals surface area contributed by atoms with Crippen LogP contribution in [0.25, 0.3) is 10.2 Å². The maximum atomic E-state index is 6.12. The average molecular weight is 279 g/mol. The Morgan fingerprint density at radius 2 is 2.28 bits per heavy atom. The van der Waals surface area contributed by atoms with Crippen LogP contribution < -0.4 is 5.32 Å². The molecule has 0 fully saturated rings. The molecule has 0 amide bonds. The van der Waals surface area contributed by atoms with Crippen molar-refractivity contribution in [2.45, 2.75) is 6.54 Å². The Kier molecular flexibility index (Phi) is 2.93. The van der Waals surface area contributed by atoms with E-state index in [1.165, 1.54) is 0 Å². The van der Waals surface area contributed by atoms with Gasteiger partial charge in [-0.3, -0.25) is 4.68 Å². The van der Waals surface area contributed by atoms with Crippen molar-refractivity contribution >= 4 is 38.3 Å². The van der Waals surface area contributed by atoms with Crippen LogP contribution in [-0.4, -0.2) is 14.8 Å². The van der Waals surface area contributed by atoms with Crippen LogP contribution in [0.5, 0.6) is 0 Å². The zero-order valence-corrected chi connectivity index (χ0v) is 11.3. The fourth-order valence-electron chi connectivity index (χ4n) is 1.71. The maximum absolute atomic E-state index is 6.12. The van der Waals surface area contributed by atoms with E-state index in [0.717, 1.165) is 26.1 Å². The Hall–Kier alpha value is -1.59. The molecule has 18 heavy (non-hydrogen) atoms. The third-order valence-corrected chi connectivity index (χ3v) is 4.05. The molecule has 0 radical (unpaired) electrons. The van der Waals surface area contributed by atoms with Gasteiger partial charge in [-0.25, -0.2) is 4.98 Å². The predicted octanol–water partition coefficient (Wildman–Crippen LogP) is 3.30. The largest absolute Gasteiger partial charge is 0.356 e. The van der Waals surface area contributed by atoms with E-state index in [2.05, 4.69) is 15.4 Å². The van der Waals surface area contributed by atoms with Crippen LogP contribution in [-0.2, 0) is 13.6 Å². The number of aromatic nitrogens is 3. The number of nitrogens with one attached hydrogen (secondary N) is 1. The zero-order chi connectivity index (χ0) is 12.5. The molecule has 2 heterocycles. The van der Waals surface area contributed by atoms with Crippen molar-refractivity contribution in [1.29, 1.82) is 0 Å². The monoisotopic (exact) mass is 278 g/mol. The van der Waals surface area contributed by atoms with Crippen LogP contribution in [0.15, 0.2) is 30.5 Å². The summed E-state index contributed by atoms with van der Waals surface area (Å²) in [6.45, 7) is 0.665. The second-order valence-corrected chi connectivity index (χ2v) is 5.35. The molecular formula is C12H11ClN4S. The Morgan fingerprint density at radius 1 is 1.39 bits per heavy atom. The van der Waals surface area contributed by atoms with Crippen molar-refractivity contribution in [3.63, 3.8) is 0 Å². The number of nitrogens with zero attached hydrogens (tertiary/aromatic N) is 3. The molecule has 92 valence electrons. The Labute approximate surface area is 113 Å². The van der Waals surface area contributed by atoms with Crippen molar-refractivity contribution in [1.82, 2.24) is 14.8 Å². The highest BCUT2D eigenvalue weighted by atomic mass is 35.5. The molecule has 2 aromatic heterocycles. The van der Waals surface area contributed by atoms with Crippen LogP contribution in [0.1, 0.15) is 5.69 Å². The van der Waals surface area contributed by atoms with E-state index >= 15 is 0 Å². The van der Waals surface area contributed by atoms with Gasteiger partial charge in [0.25, 0.3) is 0 Å². The molecule has 0 saturated heterocycles. The minimum absolute atomic E-state index is 0.665. The van der Waals surface area contributed by atoms with Crippen molar-refractivity contribution in [2.75, 3.05) is 5.32 Å². The lowest BCUT2D eigenvalue weighted by Gasteiger charge is -1.97. The second-order valence-electron chi connectivity index (χ2n) is 3.94. The Bertz CT molecular complexity index is 688. The Balaban J connectivity index is 1.81. The van der Waals surface area contributed by atoms with Gasteiger partial charge in [-0.2, -0.15) is 5.10 Å². The predicted molar refractivity (Wildman–Crippen MR) is 75.2 cm³/mol. The van der Waals surface area contributed by atoms with E-state index in [1.54, 1.807) is 16.0 Å². The quantitative estimate of drug-likeness (QED) is 0.799. The minimum atomic E-state index is 0.665. The van der Waals surface area contributed by atoms with Gasteiger partial charge in [0.1, 0.15) is 0 Å². The molecule has 4 nitrogen and oxygen atoms in total. The van der Waals surface area contributed by atoms with Crippen molar-refractivity contribution < 1.29 is 0 Å². The molecule has 0 unspecified atom stereocenters. The smallest absolute Gasteiger partial charge is 0.184 e. The lowest BCUT2D eigenvalue weighted by Crippen LogP contribution is -2.00. The molecular weight excluding hydrogens is 268 g/mol. The molecule has 0 bridgehead atoms. The van der Waals surface area contributed by atoms with Crippen LogP contribution in [0.3, 0.4) is 0 Å². The van der Waals surface area contributed by atoms with E-state index in [-0.39, 0.29) is 0 Å². The molecule has 1 aromatic carbocycles. The normalized spacial score (nSPS) is 11.0. The summed E-state index contributed by atoms with van der Waals surface area (Å²) < 4.78 is 2.80. The minimum Gasteiger partial charge on any atom is -0.356 e. The molecule has 1 N–H and O–H groups in total. The molecule has 0 aliphatic heterocycles. The van der Waals surface area contributed by atoms with E-state index < -0.39 is 0 Å². The summed E-state index contributed by atoms with van der Waals surface area (Å²) in [7, 11) is 1.90. The third-order valence-electron chi connectivity index (χ3n) is 2.56. The Morgan fingerprint density at radius 3 is 3.00 bits per heavy atom. The maximum Gasteiger partial charge on any atom is 0.184 e. The third kappa shape index (κ3) is 2.19. The van der Waals surface area contributed by atoms with Crippen molar-refractivity contribution in [3.05, 3.63) is 41.2 Å². The van der Waals surface area contributed by atoms with Gasteiger partial charge in [-0.15, -0.1) is 0 Å². The summed E-state index contributed by atoms with van der Waals surface area (Å²) in [6, 6.07) is 7.73. The fraction of sp³-hybridized carbons (Fsp3) is 0.167. The highest BCUT2D eigenvalue weighted by Crippen LogP contribution is 2.31. The molecule has 0 saturated carbocycles. The van der Waals surface area contributed by atoms with Gasteiger partial charge in [-0.1, -0.05) is 29.0 Å². The fourth-order valence-corrected chi connectivity index (χ4v) is 2.87. The summed E-state index contributed by atoms with van der Waals surface area (Å²) >= 11 is 7.68. The first-order valence-electron chi connectivity index (χ1n) is 5.50. The molecule has 3 rings (SSSR count). The average Bonchev–Trinajstić information content (AvgIpc) is 2.93. The van der Waals surface area contributed by atoms with Crippen LogP contribution in [0.4, 0.5) is 5.13 Å². The highest BCUT2D eigenvalue weighted by Gasteiger charge is 2.06. The number of anilines is 1. The number of benzene rings is 1.